The highest BCUT2D eigenvalue weighted by Gasteiger charge is 2.43. The minimum Gasteiger partial charge on any atom is -0.370 e. The van der Waals surface area contributed by atoms with Crippen molar-refractivity contribution in [3.63, 3.8) is 0 Å². The van der Waals surface area contributed by atoms with E-state index >= 15 is 0 Å². The fraction of sp³-hybridized carbons (Fsp3) is 0.478. The van der Waals surface area contributed by atoms with Crippen LogP contribution in [0.4, 0.5) is 0 Å². The number of fused-ring (bicyclic) bond motifs is 2. The molecule has 0 aliphatic carbocycles. The van der Waals surface area contributed by atoms with Gasteiger partial charge in [-0.2, -0.15) is 0 Å². The molecular weight excluding hydrogens is 412 g/mol. The van der Waals surface area contributed by atoms with E-state index in [-0.39, 0.29) is 11.5 Å². The molecule has 5 heterocycles. The molecular formula is C23H26N4O3S. The largest absolute Gasteiger partial charge is 0.370 e. The van der Waals surface area contributed by atoms with Crippen LogP contribution in [-0.2, 0) is 23.2 Å². The molecule has 3 aromatic heterocycles. The van der Waals surface area contributed by atoms with Crippen LogP contribution >= 0.6 is 11.3 Å². The molecule has 1 saturated heterocycles. The minimum absolute atomic E-state index is 0.0600. The zero-order valence-electron chi connectivity index (χ0n) is 17.8. The average Bonchev–Trinajstić information content (AvgIpc) is 3.42. The molecule has 0 bridgehead atoms. The van der Waals surface area contributed by atoms with E-state index in [0.29, 0.717) is 31.3 Å². The summed E-state index contributed by atoms with van der Waals surface area (Å²) in [7, 11) is 0. The first-order valence-corrected chi connectivity index (χ1v) is 11.6. The monoisotopic (exact) mass is 438 g/mol. The summed E-state index contributed by atoms with van der Waals surface area (Å²) in [6, 6.07) is 4.00. The Morgan fingerprint density at radius 1 is 1.26 bits per heavy atom. The number of piperidine rings is 1. The Bertz CT molecular complexity index is 1070. The zero-order valence-corrected chi connectivity index (χ0v) is 18.7. The summed E-state index contributed by atoms with van der Waals surface area (Å²) in [6.07, 6.45) is 8.47. The van der Waals surface area contributed by atoms with Crippen LogP contribution in [0, 0.1) is 5.92 Å². The molecule has 0 N–H and O–H groups in total. The van der Waals surface area contributed by atoms with Crippen molar-refractivity contribution in [2.45, 2.75) is 45.1 Å². The molecule has 7 nitrogen and oxygen atoms in total. The third-order valence-electron chi connectivity index (χ3n) is 6.07. The second-order valence-corrected chi connectivity index (χ2v) is 9.84. The summed E-state index contributed by atoms with van der Waals surface area (Å²) >= 11 is 1.78. The lowest BCUT2D eigenvalue weighted by atomic mass is 9.82. The number of aromatic nitrogens is 3. The maximum Gasteiger partial charge on any atom is 0.276 e. The third-order valence-corrected chi connectivity index (χ3v) is 7.29. The zero-order chi connectivity index (χ0) is 21.4. The minimum atomic E-state index is -0.325. The van der Waals surface area contributed by atoms with Crippen LogP contribution in [0.15, 0.2) is 35.2 Å². The molecule has 8 heteroatoms. The van der Waals surface area contributed by atoms with Gasteiger partial charge in [-0.3, -0.25) is 14.8 Å². The van der Waals surface area contributed by atoms with Gasteiger partial charge in [0.25, 0.3) is 5.91 Å². The van der Waals surface area contributed by atoms with E-state index in [2.05, 4.69) is 35.0 Å². The predicted octanol–water partition coefficient (Wildman–Crippen LogP) is 4.10. The van der Waals surface area contributed by atoms with Crippen LogP contribution in [0.1, 0.15) is 53.4 Å². The van der Waals surface area contributed by atoms with Crippen molar-refractivity contribution in [2.75, 3.05) is 19.7 Å². The Morgan fingerprint density at radius 3 is 2.84 bits per heavy atom. The molecule has 3 aromatic rings. The van der Waals surface area contributed by atoms with Crippen LogP contribution in [-0.4, -0.2) is 45.6 Å². The molecule has 2 aliphatic heterocycles. The van der Waals surface area contributed by atoms with E-state index < -0.39 is 0 Å². The van der Waals surface area contributed by atoms with Crippen LogP contribution in [0.3, 0.4) is 0 Å². The van der Waals surface area contributed by atoms with Crippen LogP contribution in [0.2, 0.25) is 0 Å². The first kappa shape index (κ1) is 20.3. The molecule has 5 rings (SSSR count). The van der Waals surface area contributed by atoms with E-state index in [1.54, 1.807) is 36.0 Å². The number of hydrogen-bond acceptors (Lipinski definition) is 7. The average molecular weight is 439 g/mol. The molecule has 2 aliphatic rings. The molecule has 0 unspecified atom stereocenters. The number of rotatable bonds is 4. The number of ether oxygens (including phenoxy) is 1. The summed E-state index contributed by atoms with van der Waals surface area (Å²) in [5.74, 6) is 1.16. The second kappa shape index (κ2) is 8.16. The van der Waals surface area contributed by atoms with Gasteiger partial charge in [-0.05, 0) is 30.4 Å². The molecule has 1 spiro atoms. The smallest absolute Gasteiger partial charge is 0.276 e. The Balaban J connectivity index is 1.32. The lowest BCUT2D eigenvalue weighted by Gasteiger charge is -2.43. The van der Waals surface area contributed by atoms with Gasteiger partial charge in [0.05, 0.1) is 29.0 Å². The van der Waals surface area contributed by atoms with Crippen molar-refractivity contribution < 1.29 is 14.1 Å². The molecule has 162 valence electrons. The Hall–Kier alpha value is -2.58. The molecule has 0 aromatic carbocycles. The molecule has 0 atom stereocenters. The van der Waals surface area contributed by atoms with Crippen molar-refractivity contribution in [1.29, 1.82) is 0 Å². The van der Waals surface area contributed by atoms with Gasteiger partial charge >= 0.3 is 0 Å². The van der Waals surface area contributed by atoms with E-state index in [1.165, 1.54) is 10.4 Å². The van der Waals surface area contributed by atoms with Crippen molar-refractivity contribution in [3.05, 3.63) is 52.6 Å². The Kier molecular flexibility index (Phi) is 5.35. The normalized spacial score (nSPS) is 17.8. The number of carbonyl (C=O) groups is 1. The fourth-order valence-corrected chi connectivity index (χ4v) is 5.72. The lowest BCUT2D eigenvalue weighted by Crippen LogP contribution is -2.48. The van der Waals surface area contributed by atoms with E-state index in [9.17, 15) is 4.79 Å². The topological polar surface area (TPSA) is 81.4 Å². The van der Waals surface area contributed by atoms with E-state index in [0.717, 1.165) is 42.0 Å². The maximum absolute atomic E-state index is 13.0. The Labute approximate surface area is 185 Å². The quantitative estimate of drug-likeness (QED) is 0.610. The SMILES string of the molecule is CC(C)Cc1cc(C(=O)N2CCC3(CC2)OCCc2sc(-c4cnccn4)cc23)no1. The molecule has 1 amide bonds. The van der Waals surface area contributed by atoms with Gasteiger partial charge in [0.2, 0.25) is 0 Å². The van der Waals surface area contributed by atoms with Gasteiger partial charge in [0.15, 0.2) is 5.69 Å². The van der Waals surface area contributed by atoms with Gasteiger partial charge in [0, 0.05) is 49.3 Å². The van der Waals surface area contributed by atoms with E-state index in [1.807, 2.05) is 4.90 Å². The van der Waals surface area contributed by atoms with E-state index in [4.69, 9.17) is 9.26 Å². The van der Waals surface area contributed by atoms with Crippen molar-refractivity contribution in [1.82, 2.24) is 20.0 Å². The second-order valence-electron chi connectivity index (χ2n) is 8.70. The van der Waals surface area contributed by atoms with Gasteiger partial charge in [-0.15, -0.1) is 11.3 Å². The third kappa shape index (κ3) is 3.90. The Morgan fingerprint density at radius 2 is 2.10 bits per heavy atom. The van der Waals surface area contributed by atoms with Gasteiger partial charge in [-0.25, -0.2) is 0 Å². The summed E-state index contributed by atoms with van der Waals surface area (Å²) < 4.78 is 11.7. The highest BCUT2D eigenvalue weighted by atomic mass is 32.1. The summed E-state index contributed by atoms with van der Waals surface area (Å²) in [5, 5.41) is 4.01. The first-order chi connectivity index (χ1) is 15.0. The van der Waals surface area contributed by atoms with Crippen LogP contribution < -0.4 is 0 Å². The maximum atomic E-state index is 13.0. The first-order valence-electron chi connectivity index (χ1n) is 10.8. The standard InChI is InChI=1S/C23H26N4O3S/c1-15(2)11-16-12-18(26-30-16)22(28)27-8-4-23(5-9-27)17-13-21(19-14-24-6-7-25-19)31-20(17)3-10-29-23/h6-7,12-15H,3-5,8-11H2,1-2H3. The van der Waals surface area contributed by atoms with Crippen LogP contribution in [0.5, 0.6) is 0 Å². The number of nitrogens with zero attached hydrogens (tertiary/aromatic N) is 4. The van der Waals surface area contributed by atoms with Gasteiger partial charge < -0.3 is 14.2 Å². The summed E-state index contributed by atoms with van der Waals surface area (Å²) in [5.41, 5.74) is 2.23. The van der Waals surface area contributed by atoms with Gasteiger partial charge in [0.1, 0.15) is 5.76 Å². The van der Waals surface area contributed by atoms with Gasteiger partial charge in [-0.1, -0.05) is 19.0 Å². The predicted molar refractivity (Wildman–Crippen MR) is 117 cm³/mol. The fourth-order valence-electron chi connectivity index (χ4n) is 4.53. The number of amides is 1. The van der Waals surface area contributed by atoms with Crippen molar-refractivity contribution in [2.24, 2.45) is 5.92 Å². The molecule has 0 saturated carbocycles. The lowest BCUT2D eigenvalue weighted by molar-refractivity contribution is -0.0926. The summed E-state index contributed by atoms with van der Waals surface area (Å²) in [4.78, 5) is 26.0. The molecule has 31 heavy (non-hydrogen) atoms. The van der Waals surface area contributed by atoms with Crippen molar-refractivity contribution >= 4 is 17.2 Å². The van der Waals surface area contributed by atoms with Crippen LogP contribution in [0.25, 0.3) is 10.6 Å². The number of likely N-dealkylation sites (tertiary alicyclic amines) is 1. The number of thiophene rings is 1. The molecule has 1 fully saturated rings. The number of hydrogen-bond donors (Lipinski definition) is 0. The number of carbonyl (C=O) groups excluding carboxylic acids is 1. The molecule has 0 radical (unpaired) electrons. The highest BCUT2D eigenvalue weighted by Crippen LogP contribution is 2.46. The highest BCUT2D eigenvalue weighted by molar-refractivity contribution is 7.15. The summed E-state index contributed by atoms with van der Waals surface area (Å²) in [6.45, 7) is 6.23. The van der Waals surface area contributed by atoms with Crippen molar-refractivity contribution in [3.8, 4) is 10.6 Å².